The highest BCUT2D eigenvalue weighted by Crippen LogP contribution is 2.11. The van der Waals surface area contributed by atoms with Crippen molar-refractivity contribution in [2.24, 2.45) is 0 Å². The standard InChI is InChI=1S/C16H20FN3O3/c1-12-11-15(19-23-12)18-16(21)7-8-20(2)9-10-22-14-5-3-13(17)4-6-14/h3-6,11H,7-10H2,1-2H3,(H,18,19,21). The Hall–Kier alpha value is -2.41. The van der Waals surface area contributed by atoms with Crippen molar-refractivity contribution >= 4 is 11.7 Å². The maximum Gasteiger partial charge on any atom is 0.226 e. The second-order valence-electron chi connectivity index (χ2n) is 5.23. The summed E-state index contributed by atoms with van der Waals surface area (Å²) in [6.45, 7) is 3.48. The summed E-state index contributed by atoms with van der Waals surface area (Å²) in [6.07, 6.45) is 0.346. The fourth-order valence-corrected chi connectivity index (χ4v) is 1.89. The number of halogens is 1. The van der Waals surface area contributed by atoms with E-state index in [1.807, 2.05) is 11.9 Å². The number of carbonyl (C=O) groups excluding carboxylic acids is 1. The fraction of sp³-hybridized carbons (Fsp3) is 0.375. The van der Waals surface area contributed by atoms with E-state index >= 15 is 0 Å². The van der Waals surface area contributed by atoms with E-state index in [9.17, 15) is 9.18 Å². The summed E-state index contributed by atoms with van der Waals surface area (Å²) in [6, 6.07) is 7.55. The molecule has 2 rings (SSSR count). The normalized spacial score (nSPS) is 10.8. The molecule has 0 bridgehead atoms. The van der Waals surface area contributed by atoms with Crippen LogP contribution in [0.1, 0.15) is 12.2 Å². The number of aryl methyl sites for hydroxylation is 1. The van der Waals surface area contributed by atoms with Gasteiger partial charge >= 0.3 is 0 Å². The van der Waals surface area contributed by atoms with Crippen LogP contribution >= 0.6 is 0 Å². The van der Waals surface area contributed by atoms with Gasteiger partial charge in [0, 0.05) is 25.6 Å². The van der Waals surface area contributed by atoms with Gasteiger partial charge in [0.15, 0.2) is 5.82 Å². The average Bonchev–Trinajstić information content (AvgIpc) is 2.92. The number of nitrogens with zero attached hydrogens (tertiary/aromatic N) is 2. The van der Waals surface area contributed by atoms with E-state index in [1.165, 1.54) is 12.1 Å². The molecule has 2 aromatic rings. The van der Waals surface area contributed by atoms with Gasteiger partial charge < -0.3 is 19.5 Å². The quantitative estimate of drug-likeness (QED) is 0.809. The lowest BCUT2D eigenvalue weighted by atomic mass is 10.3. The largest absolute Gasteiger partial charge is 0.492 e. The topological polar surface area (TPSA) is 67.6 Å². The molecule has 7 heteroatoms. The minimum atomic E-state index is -0.289. The van der Waals surface area contributed by atoms with E-state index < -0.39 is 0 Å². The van der Waals surface area contributed by atoms with E-state index in [4.69, 9.17) is 9.26 Å². The van der Waals surface area contributed by atoms with Gasteiger partial charge in [-0.2, -0.15) is 0 Å². The van der Waals surface area contributed by atoms with Crippen LogP contribution in [0.4, 0.5) is 10.2 Å². The highest BCUT2D eigenvalue weighted by molar-refractivity contribution is 5.89. The Morgan fingerprint density at radius 3 is 2.74 bits per heavy atom. The summed E-state index contributed by atoms with van der Waals surface area (Å²) in [5.41, 5.74) is 0. The van der Waals surface area contributed by atoms with Crippen molar-refractivity contribution in [3.8, 4) is 5.75 Å². The molecule has 0 saturated carbocycles. The second kappa shape index (κ2) is 8.28. The predicted octanol–water partition coefficient (Wildman–Crippen LogP) is 2.46. The Balaban J connectivity index is 1.61. The van der Waals surface area contributed by atoms with Crippen molar-refractivity contribution in [2.75, 3.05) is 32.1 Å². The van der Waals surface area contributed by atoms with Crippen molar-refractivity contribution in [3.63, 3.8) is 0 Å². The van der Waals surface area contributed by atoms with Gasteiger partial charge in [0.2, 0.25) is 5.91 Å². The summed E-state index contributed by atoms with van der Waals surface area (Å²) >= 11 is 0. The first-order chi connectivity index (χ1) is 11.0. The van der Waals surface area contributed by atoms with Crippen molar-refractivity contribution in [1.82, 2.24) is 10.1 Å². The third-order valence-electron chi connectivity index (χ3n) is 3.17. The van der Waals surface area contributed by atoms with Crippen molar-refractivity contribution in [1.29, 1.82) is 0 Å². The highest BCUT2D eigenvalue weighted by Gasteiger charge is 2.08. The molecule has 1 heterocycles. The highest BCUT2D eigenvalue weighted by atomic mass is 19.1. The second-order valence-corrected chi connectivity index (χ2v) is 5.23. The number of anilines is 1. The van der Waals surface area contributed by atoms with Gasteiger partial charge in [0.05, 0.1) is 0 Å². The number of likely N-dealkylation sites (N-methyl/N-ethyl adjacent to an activating group) is 1. The van der Waals surface area contributed by atoms with Crippen LogP contribution in [0.5, 0.6) is 5.75 Å². The molecule has 0 saturated heterocycles. The SMILES string of the molecule is Cc1cc(NC(=O)CCN(C)CCOc2ccc(F)cc2)no1. The molecule has 0 unspecified atom stereocenters. The number of amides is 1. The van der Waals surface area contributed by atoms with E-state index in [2.05, 4.69) is 10.5 Å². The van der Waals surface area contributed by atoms with Crippen LogP contribution < -0.4 is 10.1 Å². The molecule has 124 valence electrons. The lowest BCUT2D eigenvalue weighted by molar-refractivity contribution is -0.116. The van der Waals surface area contributed by atoms with Gasteiger partial charge in [0.1, 0.15) is 23.9 Å². The Morgan fingerprint density at radius 1 is 1.35 bits per heavy atom. The van der Waals surface area contributed by atoms with Crippen molar-refractivity contribution in [2.45, 2.75) is 13.3 Å². The van der Waals surface area contributed by atoms with Crippen LogP contribution in [-0.2, 0) is 4.79 Å². The van der Waals surface area contributed by atoms with Gasteiger partial charge in [-0.25, -0.2) is 4.39 Å². The molecule has 0 aliphatic heterocycles. The van der Waals surface area contributed by atoms with Crippen molar-refractivity contribution < 1.29 is 18.4 Å². The summed E-state index contributed by atoms with van der Waals surface area (Å²) < 4.78 is 23.1. The smallest absolute Gasteiger partial charge is 0.226 e. The zero-order valence-corrected chi connectivity index (χ0v) is 13.2. The molecule has 0 aliphatic rings. The first kappa shape index (κ1) is 17.0. The third-order valence-corrected chi connectivity index (χ3v) is 3.17. The number of nitrogens with one attached hydrogen (secondary N) is 1. The van der Waals surface area contributed by atoms with E-state index in [0.717, 1.165) is 0 Å². The minimum Gasteiger partial charge on any atom is -0.492 e. The molecule has 0 fully saturated rings. The summed E-state index contributed by atoms with van der Waals surface area (Å²) in [5.74, 6) is 1.29. The predicted molar refractivity (Wildman–Crippen MR) is 83.9 cm³/mol. The van der Waals surface area contributed by atoms with Gasteiger partial charge in [-0.05, 0) is 38.2 Å². The molecule has 1 N–H and O–H groups in total. The number of hydrogen-bond donors (Lipinski definition) is 1. The van der Waals surface area contributed by atoms with Crippen LogP contribution in [-0.4, -0.2) is 42.7 Å². The lowest BCUT2D eigenvalue weighted by Gasteiger charge is -2.16. The lowest BCUT2D eigenvalue weighted by Crippen LogP contribution is -2.28. The molecule has 0 aliphatic carbocycles. The van der Waals surface area contributed by atoms with Gasteiger partial charge in [0.25, 0.3) is 0 Å². The average molecular weight is 321 g/mol. The van der Waals surface area contributed by atoms with Gasteiger partial charge in [-0.15, -0.1) is 0 Å². The molecular formula is C16H20FN3O3. The molecule has 0 radical (unpaired) electrons. The Kier molecular flexibility index (Phi) is 6.10. The Bertz CT molecular complexity index is 628. The molecule has 0 atom stereocenters. The van der Waals surface area contributed by atoms with E-state index in [0.29, 0.717) is 43.4 Å². The maximum atomic E-state index is 12.8. The summed E-state index contributed by atoms with van der Waals surface area (Å²) in [7, 11) is 1.90. The summed E-state index contributed by atoms with van der Waals surface area (Å²) in [4.78, 5) is 13.8. The van der Waals surface area contributed by atoms with E-state index in [1.54, 1.807) is 25.1 Å². The van der Waals surface area contributed by atoms with Gasteiger partial charge in [-0.3, -0.25) is 4.79 Å². The number of aromatic nitrogens is 1. The molecule has 6 nitrogen and oxygen atoms in total. The number of benzene rings is 1. The van der Waals surface area contributed by atoms with Crippen LogP contribution in [0.3, 0.4) is 0 Å². The molecule has 1 aromatic heterocycles. The number of hydrogen-bond acceptors (Lipinski definition) is 5. The molecule has 0 spiro atoms. The Labute approximate surface area is 134 Å². The zero-order valence-electron chi connectivity index (χ0n) is 13.2. The number of rotatable bonds is 8. The first-order valence-electron chi connectivity index (χ1n) is 7.33. The molecule has 1 aromatic carbocycles. The zero-order chi connectivity index (χ0) is 16.7. The van der Waals surface area contributed by atoms with Crippen LogP contribution in [0, 0.1) is 12.7 Å². The molecule has 1 amide bonds. The monoisotopic (exact) mass is 321 g/mol. The van der Waals surface area contributed by atoms with Crippen LogP contribution in [0.25, 0.3) is 0 Å². The van der Waals surface area contributed by atoms with Crippen LogP contribution in [0.2, 0.25) is 0 Å². The molecular weight excluding hydrogens is 301 g/mol. The third kappa shape index (κ3) is 6.07. The minimum absolute atomic E-state index is 0.121. The summed E-state index contributed by atoms with van der Waals surface area (Å²) in [5, 5.41) is 6.37. The van der Waals surface area contributed by atoms with Crippen molar-refractivity contribution in [3.05, 3.63) is 41.9 Å². The number of carbonyl (C=O) groups is 1. The van der Waals surface area contributed by atoms with E-state index in [-0.39, 0.29) is 11.7 Å². The Morgan fingerprint density at radius 2 is 2.09 bits per heavy atom. The maximum absolute atomic E-state index is 12.8. The van der Waals surface area contributed by atoms with Gasteiger partial charge in [-0.1, -0.05) is 5.16 Å². The van der Waals surface area contributed by atoms with Crippen LogP contribution in [0.15, 0.2) is 34.9 Å². The first-order valence-corrected chi connectivity index (χ1v) is 7.33. The number of ether oxygens (including phenoxy) is 1. The molecule has 23 heavy (non-hydrogen) atoms. The fourth-order valence-electron chi connectivity index (χ4n) is 1.89.